The molecule has 1 aliphatic rings. The summed E-state index contributed by atoms with van der Waals surface area (Å²) in [6.07, 6.45) is 9.06. The Bertz CT molecular complexity index is 1330. The maximum absolute atomic E-state index is 12.8. The van der Waals surface area contributed by atoms with Gasteiger partial charge in [-0.05, 0) is 32.8 Å². The third kappa shape index (κ3) is 6.16. The van der Waals surface area contributed by atoms with E-state index in [9.17, 15) is 13.2 Å². The molecule has 0 aliphatic carbocycles. The molecule has 1 aliphatic heterocycles. The van der Waals surface area contributed by atoms with Gasteiger partial charge in [0.25, 0.3) is 6.33 Å². The Balaban J connectivity index is 1.54. The van der Waals surface area contributed by atoms with Crippen molar-refractivity contribution in [2.24, 2.45) is 0 Å². The molecule has 0 atom stereocenters. The summed E-state index contributed by atoms with van der Waals surface area (Å²) >= 11 is 0. The number of nitrogens with one attached hydrogen (secondary N) is 1. The molecule has 4 rings (SSSR count). The van der Waals surface area contributed by atoms with Crippen LogP contribution in [0.25, 0.3) is 11.0 Å². The highest BCUT2D eigenvalue weighted by Gasteiger charge is 2.25. The number of fused-ring (bicyclic) bond motifs is 1. The minimum Gasteiger partial charge on any atom is -0.381 e. The predicted molar refractivity (Wildman–Crippen MR) is 136 cm³/mol. The lowest BCUT2D eigenvalue weighted by molar-refractivity contribution is -0.691. The number of carbonyl (C=O) groups is 1. The molecule has 1 N–H and O–H groups in total. The van der Waals surface area contributed by atoms with E-state index in [1.54, 1.807) is 25.8 Å². The Kier molecular flexibility index (Phi) is 7.84. The number of carbonyl (C=O) groups excluding carboxylic acids is 1. The van der Waals surface area contributed by atoms with Crippen LogP contribution in [0.1, 0.15) is 44.1 Å². The second-order valence-electron chi connectivity index (χ2n) is 9.46. The van der Waals surface area contributed by atoms with Gasteiger partial charge in [-0.1, -0.05) is 0 Å². The third-order valence-corrected chi connectivity index (χ3v) is 7.29. The normalized spacial score (nSPS) is 15.1. The molecule has 194 valence electrons. The maximum atomic E-state index is 12.8. The predicted octanol–water partition coefficient (Wildman–Crippen LogP) is 1.50. The Morgan fingerprint density at radius 2 is 2.00 bits per heavy atom. The minimum absolute atomic E-state index is 0.0454. The first-order valence-corrected chi connectivity index (χ1v) is 14.2. The summed E-state index contributed by atoms with van der Waals surface area (Å²) in [5, 5.41) is 2.67. The van der Waals surface area contributed by atoms with Gasteiger partial charge in [0.1, 0.15) is 9.84 Å². The van der Waals surface area contributed by atoms with Gasteiger partial charge in [0.2, 0.25) is 11.5 Å². The van der Waals surface area contributed by atoms with E-state index in [4.69, 9.17) is 9.72 Å². The van der Waals surface area contributed by atoms with Gasteiger partial charge in [-0.15, -0.1) is 4.57 Å². The van der Waals surface area contributed by atoms with Gasteiger partial charge in [-0.3, -0.25) is 4.98 Å². The lowest BCUT2D eigenvalue weighted by atomic mass is 10.1. The number of methoxy groups -OCH3 is 1. The zero-order valence-electron chi connectivity index (χ0n) is 21.2. The summed E-state index contributed by atoms with van der Waals surface area (Å²) in [7, 11) is -1.41. The van der Waals surface area contributed by atoms with E-state index in [0.29, 0.717) is 18.0 Å². The number of hydrogen-bond donors (Lipinski definition) is 1. The second-order valence-corrected chi connectivity index (χ2v) is 11.7. The number of sulfone groups is 1. The van der Waals surface area contributed by atoms with Crippen molar-refractivity contribution < 1.29 is 22.5 Å². The number of imidazole rings is 1. The molecule has 0 saturated carbocycles. The van der Waals surface area contributed by atoms with Gasteiger partial charge >= 0.3 is 6.03 Å². The van der Waals surface area contributed by atoms with E-state index in [1.165, 1.54) is 4.57 Å². The molecule has 0 spiro atoms. The van der Waals surface area contributed by atoms with E-state index in [0.717, 1.165) is 55.0 Å². The summed E-state index contributed by atoms with van der Waals surface area (Å²) in [5.41, 5.74) is 3.21. The molecule has 0 aromatic carbocycles. The molecular weight excluding hydrogens is 482 g/mol. The van der Waals surface area contributed by atoms with Crippen molar-refractivity contribution in [1.29, 1.82) is 0 Å². The van der Waals surface area contributed by atoms with Crippen LogP contribution in [0.5, 0.6) is 0 Å². The van der Waals surface area contributed by atoms with Crippen molar-refractivity contribution in [3.8, 4) is 0 Å². The molecule has 36 heavy (non-hydrogen) atoms. The highest BCUT2D eigenvalue weighted by atomic mass is 32.2. The van der Waals surface area contributed by atoms with Crippen LogP contribution in [0.4, 0.5) is 10.7 Å². The molecule has 3 aromatic heterocycles. The first-order chi connectivity index (χ1) is 17.1. The van der Waals surface area contributed by atoms with Crippen molar-refractivity contribution in [3.05, 3.63) is 42.2 Å². The zero-order valence-corrected chi connectivity index (χ0v) is 22.0. The third-order valence-electron chi connectivity index (χ3n) is 6.34. The Morgan fingerprint density at radius 1 is 1.25 bits per heavy atom. The Morgan fingerprint density at radius 3 is 2.67 bits per heavy atom. The van der Waals surface area contributed by atoms with Gasteiger partial charge in [0, 0.05) is 51.7 Å². The number of nitrogens with zero attached hydrogens (tertiary/aromatic N) is 6. The van der Waals surface area contributed by atoms with Crippen LogP contribution in [0, 0.1) is 0 Å². The molecule has 11 nitrogen and oxygen atoms in total. The lowest BCUT2D eigenvalue weighted by Crippen LogP contribution is -2.37. The van der Waals surface area contributed by atoms with E-state index in [1.807, 2.05) is 30.5 Å². The van der Waals surface area contributed by atoms with Gasteiger partial charge < -0.3 is 15.0 Å². The Hall–Kier alpha value is -3.12. The van der Waals surface area contributed by atoms with Gasteiger partial charge in [0.15, 0.2) is 5.52 Å². The lowest BCUT2D eigenvalue weighted by Gasteiger charge is -2.31. The molecule has 0 radical (unpaired) electrons. The fourth-order valence-corrected chi connectivity index (χ4v) is 4.80. The topological polar surface area (TPSA) is 123 Å². The summed E-state index contributed by atoms with van der Waals surface area (Å²) in [6, 6.07) is 3.58. The number of aromatic nitrogens is 5. The fraction of sp³-hybridized carbons (Fsp3) is 0.542. The van der Waals surface area contributed by atoms with Crippen LogP contribution in [0.2, 0.25) is 0 Å². The fourth-order valence-electron chi connectivity index (χ4n) is 4.33. The molecule has 1 fully saturated rings. The number of anilines is 1. The average molecular weight is 517 g/mol. The smallest absolute Gasteiger partial charge is 0.381 e. The monoisotopic (exact) mass is 516 g/mol. The maximum Gasteiger partial charge on any atom is 0.413 e. The molecule has 0 unspecified atom stereocenters. The van der Waals surface area contributed by atoms with Crippen molar-refractivity contribution >= 4 is 32.9 Å². The minimum atomic E-state index is -3.16. The molecule has 1 amide bonds. The zero-order chi connectivity index (χ0) is 25.9. The number of ether oxygens (including phenoxy) is 1. The van der Waals surface area contributed by atoms with Crippen molar-refractivity contribution in [2.45, 2.75) is 45.3 Å². The van der Waals surface area contributed by atoms with E-state index >= 15 is 0 Å². The molecule has 4 heterocycles. The standard InChI is InChI=1S/C24H33N7O4S/c1-17(2)30-16-31(24(32)26-9-12-36(4,33)34)22-15-27-19(14-21(22)30)13-18-5-8-25-23(28-18)29-10-6-20(35-3)7-11-29/h5,8,14-17,20H,6-7,9-13H2,1-4H3/p+1. The second kappa shape index (κ2) is 10.9. The first kappa shape index (κ1) is 26.0. The summed E-state index contributed by atoms with van der Waals surface area (Å²) < 4.78 is 31.7. The summed E-state index contributed by atoms with van der Waals surface area (Å²) in [4.78, 5) is 28.8. The molecule has 12 heteroatoms. The largest absolute Gasteiger partial charge is 0.413 e. The van der Waals surface area contributed by atoms with E-state index < -0.39 is 15.9 Å². The number of pyridine rings is 1. The first-order valence-electron chi connectivity index (χ1n) is 12.1. The van der Waals surface area contributed by atoms with Gasteiger partial charge in [-0.2, -0.15) is 0 Å². The highest BCUT2D eigenvalue weighted by molar-refractivity contribution is 7.90. The van der Waals surface area contributed by atoms with Crippen LogP contribution >= 0.6 is 0 Å². The van der Waals surface area contributed by atoms with E-state index in [-0.39, 0.29) is 18.3 Å². The van der Waals surface area contributed by atoms with Crippen LogP contribution in [0.15, 0.2) is 30.9 Å². The molecule has 3 aromatic rings. The number of piperidine rings is 1. The number of amides is 1. The molecule has 0 bridgehead atoms. The van der Waals surface area contributed by atoms with E-state index in [2.05, 4.69) is 20.2 Å². The van der Waals surface area contributed by atoms with Crippen molar-refractivity contribution in [1.82, 2.24) is 24.8 Å². The quantitative estimate of drug-likeness (QED) is 0.447. The van der Waals surface area contributed by atoms with Crippen LogP contribution in [-0.2, 0) is 21.0 Å². The van der Waals surface area contributed by atoms with Crippen LogP contribution < -0.4 is 14.8 Å². The van der Waals surface area contributed by atoms with Crippen molar-refractivity contribution in [3.63, 3.8) is 0 Å². The van der Waals surface area contributed by atoms with Crippen LogP contribution in [0.3, 0.4) is 0 Å². The highest BCUT2D eigenvalue weighted by Crippen LogP contribution is 2.19. The summed E-state index contributed by atoms with van der Waals surface area (Å²) in [5.74, 6) is 0.604. The van der Waals surface area contributed by atoms with Crippen LogP contribution in [-0.4, -0.2) is 78.8 Å². The molecule has 1 saturated heterocycles. The van der Waals surface area contributed by atoms with Gasteiger partial charge in [0.05, 0.1) is 35.5 Å². The van der Waals surface area contributed by atoms with Gasteiger partial charge in [-0.25, -0.2) is 27.7 Å². The van der Waals surface area contributed by atoms with Crippen molar-refractivity contribution in [2.75, 3.05) is 43.7 Å². The molecular formula is C24H34N7O4S+. The SMILES string of the molecule is COC1CCN(c2nccc(Cc3cc4c(cn3)n(C(=O)NCCS(C)(=O)=O)c[n+]4C(C)C)n2)CC1. The number of rotatable bonds is 8. The Labute approximate surface area is 211 Å². The summed E-state index contributed by atoms with van der Waals surface area (Å²) in [6.45, 7) is 5.84. The number of hydrogen-bond acceptors (Lipinski definition) is 8. The average Bonchev–Trinajstić information content (AvgIpc) is 3.23.